The van der Waals surface area contributed by atoms with E-state index < -0.39 is 0 Å². The van der Waals surface area contributed by atoms with E-state index in [0.717, 1.165) is 36.3 Å². The van der Waals surface area contributed by atoms with E-state index in [9.17, 15) is 0 Å². The minimum Gasteiger partial charge on any atom is -0.481 e. The zero-order valence-electron chi connectivity index (χ0n) is 17.9. The maximum Gasteiger partial charge on any atom is 0.226 e. The third-order valence-electron chi connectivity index (χ3n) is 5.80. The third kappa shape index (κ3) is 4.75. The van der Waals surface area contributed by atoms with E-state index in [2.05, 4.69) is 22.2 Å². The number of aromatic nitrogens is 3. The summed E-state index contributed by atoms with van der Waals surface area (Å²) in [7, 11) is 3.16. The molecule has 1 atom stereocenters. The van der Waals surface area contributed by atoms with Gasteiger partial charge in [0.2, 0.25) is 23.6 Å². The molecule has 30 heavy (non-hydrogen) atoms. The van der Waals surface area contributed by atoms with Crippen molar-refractivity contribution in [3.8, 4) is 28.8 Å². The van der Waals surface area contributed by atoms with Crippen LogP contribution < -0.4 is 19.5 Å². The lowest BCUT2D eigenvalue weighted by molar-refractivity contribution is 0.138. The van der Waals surface area contributed by atoms with Crippen LogP contribution in [0.4, 0.5) is 5.95 Å². The van der Waals surface area contributed by atoms with Gasteiger partial charge in [0.05, 0.1) is 38.6 Å². The van der Waals surface area contributed by atoms with Crippen LogP contribution >= 0.6 is 0 Å². The summed E-state index contributed by atoms with van der Waals surface area (Å²) in [4.78, 5) is 13.7. The predicted octanol–water partition coefficient (Wildman–Crippen LogP) is 3.71. The van der Waals surface area contributed by atoms with Crippen molar-refractivity contribution in [3.63, 3.8) is 0 Å². The average Bonchev–Trinajstić information content (AvgIpc) is 3.28. The van der Waals surface area contributed by atoms with Crippen LogP contribution in [0.3, 0.4) is 0 Å². The lowest BCUT2D eigenvalue weighted by Gasteiger charge is -2.27. The number of rotatable bonds is 7. The van der Waals surface area contributed by atoms with Gasteiger partial charge in [-0.05, 0) is 37.7 Å². The smallest absolute Gasteiger partial charge is 0.226 e. The van der Waals surface area contributed by atoms with Gasteiger partial charge in [-0.1, -0.05) is 6.92 Å². The number of ether oxygens (including phenoxy) is 4. The van der Waals surface area contributed by atoms with Crippen LogP contribution in [-0.2, 0) is 4.74 Å². The first-order valence-electron chi connectivity index (χ1n) is 10.6. The zero-order valence-corrected chi connectivity index (χ0v) is 17.9. The lowest BCUT2D eigenvalue weighted by Crippen LogP contribution is -2.26. The van der Waals surface area contributed by atoms with Crippen molar-refractivity contribution in [2.45, 2.75) is 51.2 Å². The molecule has 1 saturated heterocycles. The molecule has 8 nitrogen and oxygen atoms in total. The standard InChI is InChI=1S/C22H30N4O4/c1-14-4-6-15(7-5-14)24-22-23-12-18(21(26-22)30-16-10-11-29-13-16)17-8-9-19(27-2)25-20(17)28-3/h8-9,12,14-16H,4-7,10-11,13H2,1-3H3,(H,23,24,26)/t14-,15-,16-/m1/s1. The molecule has 1 saturated carbocycles. The predicted molar refractivity (Wildman–Crippen MR) is 113 cm³/mol. The Bertz CT molecular complexity index is 849. The normalized spacial score (nSPS) is 23.8. The Balaban J connectivity index is 1.63. The Morgan fingerprint density at radius 3 is 2.50 bits per heavy atom. The largest absolute Gasteiger partial charge is 0.481 e. The molecule has 2 fully saturated rings. The summed E-state index contributed by atoms with van der Waals surface area (Å²) in [5.74, 6) is 2.81. The van der Waals surface area contributed by atoms with Gasteiger partial charge in [-0.3, -0.25) is 0 Å². The van der Waals surface area contributed by atoms with Crippen molar-refractivity contribution in [1.29, 1.82) is 0 Å². The maximum atomic E-state index is 6.23. The minimum absolute atomic E-state index is 0.0285. The third-order valence-corrected chi connectivity index (χ3v) is 5.80. The summed E-state index contributed by atoms with van der Waals surface area (Å²) in [6.45, 7) is 3.57. The fourth-order valence-electron chi connectivity index (χ4n) is 3.96. The van der Waals surface area contributed by atoms with Crippen molar-refractivity contribution in [2.24, 2.45) is 5.92 Å². The molecule has 3 heterocycles. The van der Waals surface area contributed by atoms with E-state index in [0.29, 0.717) is 42.8 Å². The number of nitrogens with one attached hydrogen (secondary N) is 1. The van der Waals surface area contributed by atoms with Gasteiger partial charge in [-0.25, -0.2) is 4.98 Å². The van der Waals surface area contributed by atoms with E-state index in [4.69, 9.17) is 23.9 Å². The second-order valence-electron chi connectivity index (χ2n) is 8.03. The summed E-state index contributed by atoms with van der Waals surface area (Å²) >= 11 is 0. The summed E-state index contributed by atoms with van der Waals surface area (Å²) in [6.07, 6.45) is 7.31. The molecule has 162 valence electrons. The molecule has 2 aromatic rings. The van der Waals surface area contributed by atoms with Crippen molar-refractivity contribution in [3.05, 3.63) is 18.3 Å². The summed E-state index contributed by atoms with van der Waals surface area (Å²) in [6, 6.07) is 4.07. The second-order valence-corrected chi connectivity index (χ2v) is 8.03. The quantitative estimate of drug-likeness (QED) is 0.734. The van der Waals surface area contributed by atoms with Crippen LogP contribution in [0.5, 0.6) is 17.6 Å². The van der Waals surface area contributed by atoms with E-state index in [1.165, 1.54) is 12.8 Å². The van der Waals surface area contributed by atoms with Gasteiger partial charge in [-0.2, -0.15) is 9.97 Å². The lowest BCUT2D eigenvalue weighted by atomic mass is 9.87. The number of hydrogen-bond acceptors (Lipinski definition) is 8. The maximum absolute atomic E-state index is 6.23. The van der Waals surface area contributed by atoms with Gasteiger partial charge < -0.3 is 24.3 Å². The van der Waals surface area contributed by atoms with Gasteiger partial charge >= 0.3 is 0 Å². The van der Waals surface area contributed by atoms with Crippen LogP contribution in [-0.4, -0.2) is 54.5 Å². The van der Waals surface area contributed by atoms with Gasteiger partial charge in [0.15, 0.2) is 0 Å². The fraction of sp³-hybridized carbons (Fsp3) is 0.591. The van der Waals surface area contributed by atoms with Crippen molar-refractivity contribution in [1.82, 2.24) is 15.0 Å². The van der Waals surface area contributed by atoms with Crippen molar-refractivity contribution < 1.29 is 18.9 Å². The van der Waals surface area contributed by atoms with Gasteiger partial charge in [0, 0.05) is 24.7 Å². The summed E-state index contributed by atoms with van der Waals surface area (Å²) < 4.78 is 22.4. The highest BCUT2D eigenvalue weighted by molar-refractivity contribution is 5.73. The van der Waals surface area contributed by atoms with Crippen LogP contribution in [0.25, 0.3) is 11.1 Å². The average molecular weight is 415 g/mol. The van der Waals surface area contributed by atoms with Crippen LogP contribution in [0.2, 0.25) is 0 Å². The van der Waals surface area contributed by atoms with Crippen LogP contribution in [0.15, 0.2) is 18.3 Å². The van der Waals surface area contributed by atoms with Gasteiger partial charge in [-0.15, -0.1) is 0 Å². The molecule has 1 aliphatic heterocycles. The van der Waals surface area contributed by atoms with Crippen LogP contribution in [0.1, 0.15) is 39.0 Å². The first kappa shape index (κ1) is 20.7. The fourth-order valence-corrected chi connectivity index (χ4v) is 3.96. The Morgan fingerprint density at radius 1 is 0.967 bits per heavy atom. The topological polar surface area (TPSA) is 87.6 Å². The molecule has 0 unspecified atom stereocenters. The SMILES string of the molecule is COc1ccc(-c2cnc(N[C@H]3CC[C@H](C)CC3)nc2O[C@@H]2CCOC2)c(OC)n1. The Hall–Kier alpha value is -2.61. The van der Waals surface area contributed by atoms with E-state index in [-0.39, 0.29) is 6.10 Å². The summed E-state index contributed by atoms with van der Waals surface area (Å²) in [5, 5.41) is 3.49. The zero-order chi connectivity index (χ0) is 20.9. The molecule has 0 spiro atoms. The number of nitrogens with zero attached hydrogens (tertiary/aromatic N) is 3. The summed E-state index contributed by atoms with van der Waals surface area (Å²) in [5.41, 5.74) is 1.49. The van der Waals surface area contributed by atoms with E-state index >= 15 is 0 Å². The number of methoxy groups -OCH3 is 2. The highest BCUT2D eigenvalue weighted by Crippen LogP contribution is 2.36. The van der Waals surface area contributed by atoms with Gasteiger partial charge in [0.1, 0.15) is 6.10 Å². The Labute approximate surface area is 177 Å². The van der Waals surface area contributed by atoms with Gasteiger partial charge in [0.25, 0.3) is 0 Å². The molecule has 1 aliphatic carbocycles. The number of pyridine rings is 1. The van der Waals surface area contributed by atoms with E-state index in [1.54, 1.807) is 26.5 Å². The minimum atomic E-state index is -0.0285. The molecule has 8 heteroatoms. The second kappa shape index (κ2) is 9.47. The molecule has 0 aromatic carbocycles. The first-order chi connectivity index (χ1) is 14.7. The highest BCUT2D eigenvalue weighted by atomic mass is 16.5. The molecule has 0 radical (unpaired) electrons. The monoisotopic (exact) mass is 414 g/mol. The Kier molecular flexibility index (Phi) is 6.52. The first-order valence-corrected chi connectivity index (χ1v) is 10.6. The molecular weight excluding hydrogens is 384 g/mol. The number of anilines is 1. The molecule has 1 N–H and O–H groups in total. The number of hydrogen-bond donors (Lipinski definition) is 1. The molecule has 0 bridgehead atoms. The molecule has 4 rings (SSSR count). The van der Waals surface area contributed by atoms with Crippen molar-refractivity contribution >= 4 is 5.95 Å². The molecule has 2 aromatic heterocycles. The Morgan fingerprint density at radius 2 is 1.80 bits per heavy atom. The van der Waals surface area contributed by atoms with Crippen LogP contribution in [0, 0.1) is 5.92 Å². The van der Waals surface area contributed by atoms with E-state index in [1.807, 2.05) is 6.07 Å². The molecular formula is C22H30N4O4. The molecule has 2 aliphatic rings. The highest BCUT2D eigenvalue weighted by Gasteiger charge is 2.24. The van der Waals surface area contributed by atoms with Crippen molar-refractivity contribution in [2.75, 3.05) is 32.8 Å². The molecule has 0 amide bonds.